The van der Waals surface area contributed by atoms with Crippen LogP contribution in [0, 0.1) is 0 Å². The van der Waals surface area contributed by atoms with Crippen molar-refractivity contribution in [1.29, 1.82) is 0 Å². The molecular weight excluding hydrogens is 370 g/mol. The summed E-state index contributed by atoms with van der Waals surface area (Å²) >= 11 is 0. The fourth-order valence-corrected chi connectivity index (χ4v) is 2.56. The number of hydrogen-bond acceptors (Lipinski definition) is 5. The van der Waals surface area contributed by atoms with Crippen molar-refractivity contribution in [2.75, 3.05) is 12.4 Å². The Hall–Kier alpha value is -3.80. The largest absolute Gasteiger partial charge is 0.497 e. The topological polar surface area (TPSA) is 73.9 Å². The number of esters is 1. The summed E-state index contributed by atoms with van der Waals surface area (Å²) in [5, 5.41) is 2.70. The van der Waals surface area contributed by atoms with Gasteiger partial charge in [-0.3, -0.25) is 4.79 Å². The smallest absolute Gasteiger partial charge is 0.342 e. The highest BCUT2D eigenvalue weighted by atomic mass is 16.5. The SMILES string of the molecule is COc1cccc(NC(=O)[C@H](C)OC(=O)c2ccccc2Oc2ccccc2)c1. The molecule has 6 nitrogen and oxygen atoms in total. The van der Waals surface area contributed by atoms with Crippen LogP contribution in [0.3, 0.4) is 0 Å². The van der Waals surface area contributed by atoms with Gasteiger partial charge in [0.1, 0.15) is 22.8 Å². The Morgan fingerprint density at radius 3 is 2.31 bits per heavy atom. The fourth-order valence-electron chi connectivity index (χ4n) is 2.56. The Kier molecular flexibility index (Phi) is 6.47. The van der Waals surface area contributed by atoms with E-state index in [1.54, 1.807) is 67.8 Å². The minimum Gasteiger partial charge on any atom is -0.497 e. The Bertz CT molecular complexity index is 987. The van der Waals surface area contributed by atoms with Gasteiger partial charge in [0.2, 0.25) is 0 Å². The Morgan fingerprint density at radius 2 is 1.55 bits per heavy atom. The van der Waals surface area contributed by atoms with E-state index in [0.29, 0.717) is 22.9 Å². The first-order chi connectivity index (χ1) is 14.1. The van der Waals surface area contributed by atoms with Crippen LogP contribution < -0.4 is 14.8 Å². The molecule has 0 heterocycles. The predicted octanol–water partition coefficient (Wildman–Crippen LogP) is 4.67. The van der Waals surface area contributed by atoms with Gasteiger partial charge in [0.05, 0.1) is 7.11 Å². The van der Waals surface area contributed by atoms with E-state index in [1.165, 1.54) is 6.92 Å². The monoisotopic (exact) mass is 391 g/mol. The highest BCUT2D eigenvalue weighted by Crippen LogP contribution is 2.26. The van der Waals surface area contributed by atoms with Gasteiger partial charge >= 0.3 is 5.97 Å². The molecule has 29 heavy (non-hydrogen) atoms. The van der Waals surface area contributed by atoms with E-state index >= 15 is 0 Å². The van der Waals surface area contributed by atoms with Gasteiger partial charge in [-0.2, -0.15) is 0 Å². The number of carbonyl (C=O) groups excluding carboxylic acids is 2. The molecule has 0 aliphatic rings. The van der Waals surface area contributed by atoms with E-state index in [-0.39, 0.29) is 5.56 Å². The number of hydrogen-bond donors (Lipinski definition) is 1. The van der Waals surface area contributed by atoms with E-state index in [9.17, 15) is 9.59 Å². The van der Waals surface area contributed by atoms with E-state index in [0.717, 1.165) is 0 Å². The molecule has 148 valence electrons. The summed E-state index contributed by atoms with van der Waals surface area (Å²) in [6.45, 7) is 1.51. The predicted molar refractivity (Wildman–Crippen MR) is 109 cm³/mol. The van der Waals surface area contributed by atoms with Crippen LogP contribution in [0.2, 0.25) is 0 Å². The van der Waals surface area contributed by atoms with Crippen molar-refractivity contribution in [1.82, 2.24) is 0 Å². The van der Waals surface area contributed by atoms with Gasteiger partial charge in [-0.25, -0.2) is 4.79 Å². The van der Waals surface area contributed by atoms with E-state index in [4.69, 9.17) is 14.2 Å². The van der Waals surface area contributed by atoms with Crippen LogP contribution >= 0.6 is 0 Å². The van der Waals surface area contributed by atoms with Crippen LogP contribution in [0.25, 0.3) is 0 Å². The molecule has 0 aromatic heterocycles. The second-order valence-corrected chi connectivity index (χ2v) is 6.18. The van der Waals surface area contributed by atoms with Crippen molar-refractivity contribution < 1.29 is 23.8 Å². The molecule has 0 radical (unpaired) electrons. The maximum Gasteiger partial charge on any atom is 0.342 e. The molecule has 0 aliphatic carbocycles. The number of amides is 1. The molecule has 0 spiro atoms. The highest BCUT2D eigenvalue weighted by Gasteiger charge is 2.21. The normalized spacial score (nSPS) is 11.2. The van der Waals surface area contributed by atoms with Gasteiger partial charge < -0.3 is 19.5 Å². The second-order valence-electron chi connectivity index (χ2n) is 6.18. The third kappa shape index (κ3) is 5.35. The van der Waals surface area contributed by atoms with Gasteiger partial charge in [-0.1, -0.05) is 36.4 Å². The lowest BCUT2D eigenvalue weighted by atomic mass is 10.2. The summed E-state index contributed by atoms with van der Waals surface area (Å²) in [5.41, 5.74) is 0.780. The zero-order chi connectivity index (χ0) is 20.6. The zero-order valence-electron chi connectivity index (χ0n) is 16.1. The molecule has 3 aromatic rings. The molecule has 0 bridgehead atoms. The summed E-state index contributed by atoms with van der Waals surface area (Å²) in [6, 6.07) is 22.7. The molecule has 0 saturated heterocycles. The van der Waals surface area contributed by atoms with Crippen LogP contribution in [0.1, 0.15) is 17.3 Å². The Morgan fingerprint density at radius 1 is 0.862 bits per heavy atom. The average Bonchev–Trinajstić information content (AvgIpc) is 2.75. The van der Waals surface area contributed by atoms with Gasteiger partial charge in [0.15, 0.2) is 6.10 Å². The molecular formula is C23H21NO5. The van der Waals surface area contributed by atoms with Crippen molar-refractivity contribution in [3.05, 3.63) is 84.4 Å². The van der Waals surface area contributed by atoms with Crippen LogP contribution in [0.15, 0.2) is 78.9 Å². The molecule has 1 N–H and O–H groups in total. The molecule has 1 atom stereocenters. The van der Waals surface area contributed by atoms with Gasteiger partial charge in [0, 0.05) is 11.8 Å². The van der Waals surface area contributed by atoms with Crippen LogP contribution in [-0.2, 0) is 9.53 Å². The fraction of sp³-hybridized carbons (Fsp3) is 0.130. The third-order valence-electron chi connectivity index (χ3n) is 4.07. The van der Waals surface area contributed by atoms with Gasteiger partial charge in [-0.15, -0.1) is 0 Å². The minimum atomic E-state index is -1.00. The quantitative estimate of drug-likeness (QED) is 0.593. The second kappa shape index (κ2) is 9.41. The molecule has 6 heteroatoms. The van der Waals surface area contributed by atoms with Crippen LogP contribution in [0.5, 0.6) is 17.2 Å². The average molecular weight is 391 g/mol. The molecule has 3 aromatic carbocycles. The van der Waals surface area contributed by atoms with E-state index in [2.05, 4.69) is 5.32 Å². The lowest BCUT2D eigenvalue weighted by Crippen LogP contribution is -2.30. The van der Waals surface area contributed by atoms with Gasteiger partial charge in [0.25, 0.3) is 5.91 Å². The summed E-state index contributed by atoms with van der Waals surface area (Å²) in [4.78, 5) is 25.0. The molecule has 0 saturated carbocycles. The zero-order valence-corrected chi connectivity index (χ0v) is 16.1. The molecule has 0 unspecified atom stereocenters. The first-order valence-electron chi connectivity index (χ1n) is 9.04. The van der Waals surface area contributed by atoms with Crippen LogP contribution in [-0.4, -0.2) is 25.1 Å². The summed E-state index contributed by atoms with van der Waals surface area (Å²) in [7, 11) is 1.54. The number of rotatable bonds is 7. The molecule has 0 aliphatic heterocycles. The van der Waals surface area contributed by atoms with Gasteiger partial charge in [-0.05, 0) is 43.3 Å². The lowest BCUT2D eigenvalue weighted by molar-refractivity contribution is -0.123. The maximum absolute atomic E-state index is 12.6. The maximum atomic E-state index is 12.6. The van der Waals surface area contributed by atoms with Crippen molar-refractivity contribution in [3.8, 4) is 17.2 Å². The lowest BCUT2D eigenvalue weighted by Gasteiger charge is -2.15. The number of methoxy groups -OCH3 is 1. The first kappa shape index (κ1) is 19.9. The van der Waals surface area contributed by atoms with Crippen molar-refractivity contribution in [2.45, 2.75) is 13.0 Å². The summed E-state index contributed by atoms with van der Waals surface area (Å²) < 4.78 is 16.3. The molecule has 3 rings (SSSR count). The number of carbonyl (C=O) groups is 2. The standard InChI is InChI=1S/C23H21NO5/c1-16(22(25)24-17-9-8-12-19(15-17)27-2)28-23(26)20-13-6-7-14-21(20)29-18-10-4-3-5-11-18/h3-16H,1-2H3,(H,24,25)/t16-/m0/s1. The Labute approximate surface area is 169 Å². The minimum absolute atomic E-state index is 0.234. The number of nitrogens with one attached hydrogen (secondary N) is 1. The first-order valence-corrected chi connectivity index (χ1v) is 9.04. The highest BCUT2D eigenvalue weighted by molar-refractivity contribution is 5.98. The summed E-state index contributed by atoms with van der Waals surface area (Å²) in [6.07, 6.45) is -1.00. The van der Waals surface area contributed by atoms with Crippen LogP contribution in [0.4, 0.5) is 5.69 Å². The number of ether oxygens (including phenoxy) is 3. The third-order valence-corrected chi connectivity index (χ3v) is 4.07. The van der Waals surface area contributed by atoms with Crippen molar-refractivity contribution >= 4 is 17.6 Å². The Balaban J connectivity index is 1.67. The molecule has 0 fully saturated rings. The van der Waals surface area contributed by atoms with E-state index in [1.807, 2.05) is 18.2 Å². The van der Waals surface area contributed by atoms with Crippen molar-refractivity contribution in [2.24, 2.45) is 0 Å². The number of benzene rings is 3. The van der Waals surface area contributed by atoms with E-state index < -0.39 is 18.0 Å². The van der Waals surface area contributed by atoms with Crippen molar-refractivity contribution in [3.63, 3.8) is 0 Å². The number of anilines is 1. The number of para-hydroxylation sites is 2. The summed E-state index contributed by atoms with van der Waals surface area (Å²) in [5.74, 6) is 0.456. The molecule has 1 amide bonds.